The van der Waals surface area contributed by atoms with E-state index in [0.29, 0.717) is 30.8 Å². The van der Waals surface area contributed by atoms with Gasteiger partial charge in [-0.2, -0.15) is 0 Å². The van der Waals surface area contributed by atoms with E-state index in [2.05, 4.69) is 26.0 Å². The van der Waals surface area contributed by atoms with Gasteiger partial charge in [0.1, 0.15) is 19.3 Å². The lowest BCUT2D eigenvalue weighted by molar-refractivity contribution is -0.870. The van der Waals surface area contributed by atoms with Crippen molar-refractivity contribution in [2.75, 3.05) is 60.7 Å². The van der Waals surface area contributed by atoms with Crippen LogP contribution in [0.5, 0.6) is 0 Å². The van der Waals surface area contributed by atoms with E-state index < -0.39 is 7.82 Å². The lowest BCUT2D eigenvalue weighted by atomic mass is 10.0. The molecule has 0 aromatic heterocycles. The van der Waals surface area contributed by atoms with Crippen LogP contribution in [0, 0.1) is 0 Å². The predicted octanol–water partition coefficient (Wildman–Crippen LogP) is 12.7. The summed E-state index contributed by atoms with van der Waals surface area (Å²) in [5, 5.41) is 0. The number of quaternary nitrogens is 1. The van der Waals surface area contributed by atoms with Crippen LogP contribution in [0.2, 0.25) is 0 Å². The normalized spacial score (nSPS) is 14.1. The highest BCUT2D eigenvalue weighted by atomic mass is 31.2. The molecule has 0 amide bonds. The quantitative estimate of drug-likeness (QED) is 0.0292. The third kappa shape index (κ3) is 40.5. The van der Waals surface area contributed by atoms with E-state index in [4.69, 9.17) is 18.5 Å². The van der Waals surface area contributed by atoms with E-state index in [1.165, 1.54) is 154 Å². The Hall–Kier alpha value is -0.270. The van der Waals surface area contributed by atoms with Crippen LogP contribution in [0.1, 0.15) is 194 Å². The summed E-state index contributed by atoms with van der Waals surface area (Å²) in [5.74, 6) is 0. The van der Waals surface area contributed by atoms with Crippen LogP contribution in [-0.4, -0.2) is 76.2 Å². The van der Waals surface area contributed by atoms with Gasteiger partial charge in [-0.25, -0.2) is 4.57 Å². The van der Waals surface area contributed by atoms with Crippen LogP contribution in [0.25, 0.3) is 0 Å². The molecular weight excluding hydrogens is 645 g/mol. The molecule has 0 radical (unpaired) electrons. The minimum Gasteiger partial charge on any atom is -0.379 e. The number of phosphoric acid groups is 1. The Balaban J connectivity index is 4.11. The van der Waals surface area contributed by atoms with Crippen molar-refractivity contribution in [2.45, 2.75) is 200 Å². The van der Waals surface area contributed by atoms with E-state index >= 15 is 0 Å². The lowest BCUT2D eigenvalue weighted by Crippen LogP contribution is -2.37. The van der Waals surface area contributed by atoms with Gasteiger partial charge in [0.2, 0.25) is 0 Å². The fraction of sp³-hybridized carbons (Fsp3) is 0.952. The van der Waals surface area contributed by atoms with Crippen LogP contribution >= 0.6 is 7.82 Å². The zero-order valence-electron chi connectivity index (χ0n) is 34.2. The Morgan fingerprint density at radius 2 is 0.920 bits per heavy atom. The number of hydrogen-bond donors (Lipinski definition) is 1. The van der Waals surface area contributed by atoms with E-state index in [1.807, 2.05) is 21.1 Å². The summed E-state index contributed by atoms with van der Waals surface area (Å²) >= 11 is 0. The Morgan fingerprint density at radius 3 is 1.36 bits per heavy atom. The Morgan fingerprint density at radius 1 is 0.520 bits per heavy atom. The van der Waals surface area contributed by atoms with Crippen LogP contribution in [-0.2, 0) is 23.1 Å². The standard InChI is InChI=1S/C42H86NO6P/c1-6-8-10-12-14-16-18-20-22-23-25-27-29-31-33-35-38-47-42(41-49-50(44,45)48-39-36-43(3,4)5)40-46-37-34-32-30-28-26-24-21-19-17-15-13-11-9-7-2/h23,25,42H,6-22,24,26-41H2,1-5H3/p+1/b25-23-. The van der Waals surface area contributed by atoms with Gasteiger partial charge in [0.25, 0.3) is 0 Å². The topological polar surface area (TPSA) is 74.2 Å². The number of unbranched alkanes of at least 4 members (excludes halogenated alkanes) is 25. The average Bonchev–Trinajstić information content (AvgIpc) is 3.07. The maximum absolute atomic E-state index is 12.5. The number of hydrogen-bond acceptors (Lipinski definition) is 5. The number of nitrogens with zero attached hydrogens (tertiary/aromatic N) is 1. The molecule has 0 saturated heterocycles. The molecule has 0 saturated carbocycles. The molecule has 7 nitrogen and oxygen atoms in total. The SMILES string of the molecule is CCCCCCCCCC/C=C\CCCCCCOC(COCCCCCCCCCCCCCCCC)COP(=O)(O)OCC[N+](C)(C)C. The van der Waals surface area contributed by atoms with Gasteiger partial charge in [-0.15, -0.1) is 0 Å². The molecule has 0 heterocycles. The van der Waals surface area contributed by atoms with Crippen LogP contribution in [0.4, 0.5) is 0 Å². The third-order valence-electron chi connectivity index (χ3n) is 9.40. The molecular formula is C42H87NO6P+. The second-order valence-electron chi connectivity index (χ2n) is 15.7. The monoisotopic (exact) mass is 733 g/mol. The van der Waals surface area contributed by atoms with Gasteiger partial charge >= 0.3 is 7.82 Å². The number of phosphoric ester groups is 1. The van der Waals surface area contributed by atoms with Gasteiger partial charge in [-0.05, 0) is 38.5 Å². The molecule has 1 N–H and O–H groups in total. The molecule has 0 aliphatic carbocycles. The summed E-state index contributed by atoms with van der Waals surface area (Å²) in [6.07, 6.45) is 40.9. The van der Waals surface area contributed by atoms with Crippen molar-refractivity contribution in [1.82, 2.24) is 0 Å². The van der Waals surface area contributed by atoms with E-state index in [0.717, 1.165) is 25.7 Å². The van der Waals surface area contributed by atoms with Crippen molar-refractivity contribution in [1.29, 1.82) is 0 Å². The van der Waals surface area contributed by atoms with Crippen molar-refractivity contribution in [3.63, 3.8) is 0 Å². The van der Waals surface area contributed by atoms with Crippen molar-refractivity contribution in [2.24, 2.45) is 0 Å². The third-order valence-corrected chi connectivity index (χ3v) is 10.4. The number of likely N-dealkylation sites (N-methyl/N-ethyl adjacent to an activating group) is 1. The first-order valence-corrected chi connectivity index (χ1v) is 23.0. The van der Waals surface area contributed by atoms with Gasteiger partial charge in [0.05, 0.1) is 34.4 Å². The highest BCUT2D eigenvalue weighted by molar-refractivity contribution is 7.47. The molecule has 0 aliphatic rings. The highest BCUT2D eigenvalue weighted by Crippen LogP contribution is 2.43. The summed E-state index contributed by atoms with van der Waals surface area (Å²) in [7, 11) is 1.91. The van der Waals surface area contributed by atoms with E-state index in [1.54, 1.807) is 0 Å². The lowest BCUT2D eigenvalue weighted by Gasteiger charge is -2.24. The van der Waals surface area contributed by atoms with Gasteiger partial charge in [0, 0.05) is 13.2 Å². The zero-order valence-corrected chi connectivity index (χ0v) is 35.1. The Kier molecular flexibility index (Phi) is 36.9. The average molecular weight is 733 g/mol. The fourth-order valence-electron chi connectivity index (χ4n) is 6.00. The zero-order chi connectivity index (χ0) is 36.9. The smallest absolute Gasteiger partial charge is 0.379 e. The van der Waals surface area contributed by atoms with Crippen LogP contribution in [0.3, 0.4) is 0 Å². The summed E-state index contributed by atoms with van der Waals surface area (Å²) in [4.78, 5) is 10.2. The largest absolute Gasteiger partial charge is 0.472 e. The minimum absolute atomic E-state index is 0.0133. The summed E-state index contributed by atoms with van der Waals surface area (Å²) < 4.78 is 35.7. The molecule has 8 heteroatoms. The molecule has 0 spiro atoms. The summed E-state index contributed by atoms with van der Waals surface area (Å²) in [6, 6.07) is 0. The molecule has 50 heavy (non-hydrogen) atoms. The number of allylic oxidation sites excluding steroid dienone is 2. The van der Waals surface area contributed by atoms with Gasteiger partial charge in [-0.3, -0.25) is 9.05 Å². The second kappa shape index (κ2) is 37.1. The molecule has 0 bridgehead atoms. The van der Waals surface area contributed by atoms with Gasteiger partial charge in [-0.1, -0.05) is 167 Å². The minimum atomic E-state index is -4.14. The van der Waals surface area contributed by atoms with Crippen molar-refractivity contribution < 1.29 is 32.5 Å². The maximum Gasteiger partial charge on any atom is 0.472 e. The van der Waals surface area contributed by atoms with Crippen LogP contribution in [0.15, 0.2) is 12.2 Å². The van der Waals surface area contributed by atoms with E-state index in [-0.39, 0.29) is 19.3 Å². The molecule has 2 atom stereocenters. The molecule has 2 unspecified atom stereocenters. The first-order valence-electron chi connectivity index (χ1n) is 21.5. The molecule has 0 aromatic rings. The Bertz CT molecular complexity index is 759. The molecule has 300 valence electrons. The van der Waals surface area contributed by atoms with E-state index in [9.17, 15) is 9.46 Å². The molecule has 0 fully saturated rings. The number of ether oxygens (including phenoxy) is 2. The van der Waals surface area contributed by atoms with Crippen LogP contribution < -0.4 is 0 Å². The fourth-order valence-corrected chi connectivity index (χ4v) is 6.74. The molecule has 0 aliphatic heterocycles. The highest BCUT2D eigenvalue weighted by Gasteiger charge is 2.25. The predicted molar refractivity (Wildman–Crippen MR) is 215 cm³/mol. The number of rotatable bonds is 41. The first-order chi connectivity index (χ1) is 24.2. The van der Waals surface area contributed by atoms with Crippen molar-refractivity contribution in [3.05, 3.63) is 12.2 Å². The first kappa shape index (κ1) is 49.7. The van der Waals surface area contributed by atoms with Gasteiger partial charge < -0.3 is 18.9 Å². The van der Waals surface area contributed by atoms with Gasteiger partial charge in [0.15, 0.2) is 0 Å². The summed E-state index contributed by atoms with van der Waals surface area (Å²) in [5.41, 5.74) is 0. The second-order valence-corrected chi connectivity index (χ2v) is 17.2. The molecule has 0 rings (SSSR count). The van der Waals surface area contributed by atoms with Crippen molar-refractivity contribution >= 4 is 7.82 Å². The summed E-state index contributed by atoms with van der Waals surface area (Å²) in [6.45, 7) is 6.96. The molecule has 0 aromatic carbocycles. The van der Waals surface area contributed by atoms with Crippen molar-refractivity contribution in [3.8, 4) is 0 Å². The maximum atomic E-state index is 12.5. The Labute approximate surface area is 312 Å².